The molecule has 1 saturated heterocycles. The van der Waals surface area contributed by atoms with Crippen LogP contribution in [0, 0.1) is 12.8 Å². The van der Waals surface area contributed by atoms with Crippen LogP contribution >= 0.6 is 0 Å². The van der Waals surface area contributed by atoms with Crippen molar-refractivity contribution in [3.8, 4) is 0 Å². The van der Waals surface area contributed by atoms with Gasteiger partial charge in [-0.3, -0.25) is 10.1 Å². The number of carbonyl (C=O) groups is 2. The molecule has 3 N–H and O–H groups in total. The topological polar surface area (TPSA) is 91.6 Å². The first-order valence-corrected chi connectivity index (χ1v) is 8.03. The molecule has 23 heavy (non-hydrogen) atoms. The van der Waals surface area contributed by atoms with E-state index in [0.717, 1.165) is 18.5 Å². The summed E-state index contributed by atoms with van der Waals surface area (Å²) in [5.41, 5.74) is 6.84. The maximum atomic E-state index is 12.5. The van der Waals surface area contributed by atoms with Crippen molar-refractivity contribution < 1.29 is 9.59 Å². The molecule has 1 aliphatic heterocycles. The van der Waals surface area contributed by atoms with E-state index in [1.165, 1.54) is 10.0 Å². The van der Waals surface area contributed by atoms with Crippen LogP contribution < -0.4 is 11.1 Å². The third-order valence-corrected chi connectivity index (χ3v) is 4.19. The van der Waals surface area contributed by atoms with Crippen molar-refractivity contribution in [3.63, 3.8) is 0 Å². The zero-order valence-electron chi connectivity index (χ0n) is 14.0. The minimum absolute atomic E-state index is 0.0754. The highest BCUT2D eigenvalue weighted by Crippen LogP contribution is 2.17. The third kappa shape index (κ3) is 3.98. The van der Waals surface area contributed by atoms with Gasteiger partial charge in [-0.25, -0.2) is 19.8 Å². The lowest BCUT2D eigenvalue weighted by molar-refractivity contribution is -0.142. The second-order valence-electron chi connectivity index (χ2n) is 5.94. The first kappa shape index (κ1) is 17.2. The summed E-state index contributed by atoms with van der Waals surface area (Å²) in [6.07, 6.45) is 1.56. The lowest BCUT2D eigenvalue weighted by Crippen LogP contribution is -2.53. The molecule has 0 saturated carbocycles. The van der Waals surface area contributed by atoms with Gasteiger partial charge in [-0.05, 0) is 31.4 Å². The highest BCUT2D eigenvalue weighted by Gasteiger charge is 2.34. The highest BCUT2D eigenvalue weighted by molar-refractivity contribution is 5.91. The van der Waals surface area contributed by atoms with E-state index in [2.05, 4.69) is 10.3 Å². The monoisotopic (exact) mass is 319 g/mol. The predicted octanol–water partition coefficient (Wildman–Crippen LogP) is 1.74. The number of aryl methyl sites for hydroxylation is 1. The van der Waals surface area contributed by atoms with E-state index in [-0.39, 0.29) is 17.9 Å². The van der Waals surface area contributed by atoms with Crippen LogP contribution in [0.2, 0.25) is 0 Å². The quantitative estimate of drug-likeness (QED) is 0.884. The van der Waals surface area contributed by atoms with Crippen LogP contribution in [0.25, 0.3) is 0 Å². The SMILES string of the molecule is CCC(C)C(N)C(=O)N1CCCN1C(=O)Nc1cccc(C)n1. The van der Waals surface area contributed by atoms with Crippen LogP contribution in [0.3, 0.4) is 0 Å². The number of anilines is 1. The molecule has 7 heteroatoms. The fourth-order valence-corrected chi connectivity index (χ4v) is 2.51. The van der Waals surface area contributed by atoms with Crippen molar-refractivity contribution in [1.29, 1.82) is 0 Å². The molecule has 2 rings (SSSR count). The van der Waals surface area contributed by atoms with Crippen molar-refractivity contribution >= 4 is 17.8 Å². The Labute approximate surface area is 136 Å². The Hall–Kier alpha value is -2.15. The molecule has 0 bridgehead atoms. The third-order valence-electron chi connectivity index (χ3n) is 4.19. The van der Waals surface area contributed by atoms with Gasteiger partial charge in [0.05, 0.1) is 6.04 Å². The summed E-state index contributed by atoms with van der Waals surface area (Å²) in [5.74, 6) is 0.344. The smallest absolute Gasteiger partial charge is 0.320 e. The second-order valence-corrected chi connectivity index (χ2v) is 5.94. The average molecular weight is 319 g/mol. The van der Waals surface area contributed by atoms with Crippen molar-refractivity contribution in [3.05, 3.63) is 23.9 Å². The lowest BCUT2D eigenvalue weighted by atomic mass is 9.99. The van der Waals surface area contributed by atoms with Crippen molar-refractivity contribution in [2.45, 2.75) is 39.7 Å². The summed E-state index contributed by atoms with van der Waals surface area (Å²) in [6.45, 7) is 6.80. The van der Waals surface area contributed by atoms with Gasteiger partial charge in [0.2, 0.25) is 0 Å². The summed E-state index contributed by atoms with van der Waals surface area (Å²) >= 11 is 0. The molecule has 2 atom stereocenters. The number of amides is 3. The Kier molecular flexibility index (Phi) is 5.54. The zero-order chi connectivity index (χ0) is 17.0. The maximum Gasteiger partial charge on any atom is 0.341 e. The van der Waals surface area contributed by atoms with E-state index in [4.69, 9.17) is 5.73 Å². The fraction of sp³-hybridized carbons (Fsp3) is 0.562. The van der Waals surface area contributed by atoms with Crippen LogP contribution in [0.1, 0.15) is 32.4 Å². The molecule has 0 radical (unpaired) electrons. The van der Waals surface area contributed by atoms with Crippen LogP contribution in [0.5, 0.6) is 0 Å². The summed E-state index contributed by atoms with van der Waals surface area (Å²) < 4.78 is 0. The average Bonchev–Trinajstić information content (AvgIpc) is 3.02. The first-order chi connectivity index (χ1) is 10.9. The largest absolute Gasteiger partial charge is 0.341 e. The Balaban J connectivity index is 2.06. The molecule has 2 unspecified atom stereocenters. The van der Waals surface area contributed by atoms with Crippen LogP contribution in [0.15, 0.2) is 18.2 Å². The minimum atomic E-state index is -0.592. The van der Waals surface area contributed by atoms with Crippen LogP contribution in [0.4, 0.5) is 10.6 Å². The van der Waals surface area contributed by atoms with E-state index in [9.17, 15) is 9.59 Å². The van der Waals surface area contributed by atoms with Gasteiger partial charge in [0.1, 0.15) is 5.82 Å². The van der Waals surface area contributed by atoms with Crippen molar-refractivity contribution in [1.82, 2.24) is 15.0 Å². The standard InChI is InChI=1S/C16H25N5O2/c1-4-11(2)14(17)15(22)20-9-6-10-21(20)16(23)19-13-8-5-7-12(3)18-13/h5,7-8,11,14H,4,6,9-10,17H2,1-3H3,(H,18,19,23). The number of rotatable bonds is 4. The van der Waals surface area contributed by atoms with Gasteiger partial charge in [0, 0.05) is 18.8 Å². The molecule has 0 aliphatic carbocycles. The Morgan fingerprint density at radius 3 is 2.70 bits per heavy atom. The fourth-order valence-electron chi connectivity index (χ4n) is 2.51. The zero-order valence-corrected chi connectivity index (χ0v) is 14.0. The molecule has 1 fully saturated rings. The van der Waals surface area contributed by atoms with Gasteiger partial charge in [0.15, 0.2) is 0 Å². The van der Waals surface area contributed by atoms with E-state index in [0.29, 0.717) is 18.9 Å². The summed E-state index contributed by atoms with van der Waals surface area (Å²) in [6, 6.07) is 4.45. The molecule has 3 amide bonds. The molecule has 2 heterocycles. The van der Waals surface area contributed by atoms with Crippen molar-refractivity contribution in [2.24, 2.45) is 11.7 Å². The summed E-state index contributed by atoms with van der Waals surface area (Å²) in [7, 11) is 0. The van der Waals surface area contributed by atoms with Crippen LogP contribution in [-0.2, 0) is 4.79 Å². The van der Waals surface area contributed by atoms with E-state index in [1.54, 1.807) is 6.07 Å². The molecule has 0 aromatic carbocycles. The van der Waals surface area contributed by atoms with Gasteiger partial charge >= 0.3 is 6.03 Å². The maximum absolute atomic E-state index is 12.5. The second kappa shape index (κ2) is 7.41. The number of carbonyl (C=O) groups excluding carboxylic acids is 2. The number of nitrogens with one attached hydrogen (secondary N) is 1. The predicted molar refractivity (Wildman–Crippen MR) is 88.5 cm³/mol. The number of nitrogens with two attached hydrogens (primary N) is 1. The molecular weight excluding hydrogens is 294 g/mol. The van der Waals surface area contributed by atoms with Gasteiger partial charge in [-0.2, -0.15) is 0 Å². The molecule has 7 nitrogen and oxygen atoms in total. The number of urea groups is 1. The number of hydrogen-bond acceptors (Lipinski definition) is 4. The Morgan fingerprint density at radius 1 is 1.35 bits per heavy atom. The van der Waals surface area contributed by atoms with Crippen LogP contribution in [-0.4, -0.2) is 46.1 Å². The van der Waals surface area contributed by atoms with E-state index < -0.39 is 6.04 Å². The number of hydrazine groups is 1. The number of hydrogen-bond donors (Lipinski definition) is 2. The molecule has 1 aromatic rings. The summed E-state index contributed by atoms with van der Waals surface area (Å²) in [4.78, 5) is 29.2. The normalized spacial score (nSPS) is 17.0. The van der Waals surface area contributed by atoms with E-state index >= 15 is 0 Å². The van der Waals surface area contributed by atoms with Gasteiger partial charge in [-0.15, -0.1) is 0 Å². The molecule has 126 valence electrons. The highest BCUT2D eigenvalue weighted by atomic mass is 16.2. The number of nitrogens with zero attached hydrogens (tertiary/aromatic N) is 3. The number of pyridine rings is 1. The first-order valence-electron chi connectivity index (χ1n) is 8.03. The summed E-state index contributed by atoms with van der Waals surface area (Å²) in [5, 5.41) is 5.62. The van der Waals surface area contributed by atoms with Gasteiger partial charge < -0.3 is 5.73 Å². The molecular formula is C16H25N5O2. The minimum Gasteiger partial charge on any atom is -0.320 e. The number of aromatic nitrogens is 1. The molecule has 0 spiro atoms. The Bertz CT molecular complexity index is 577. The van der Waals surface area contributed by atoms with E-state index in [1.807, 2.05) is 32.9 Å². The van der Waals surface area contributed by atoms with Crippen molar-refractivity contribution in [2.75, 3.05) is 18.4 Å². The molecule has 1 aliphatic rings. The Morgan fingerprint density at radius 2 is 2.04 bits per heavy atom. The molecule has 1 aromatic heterocycles. The van der Waals surface area contributed by atoms with Gasteiger partial charge in [0.25, 0.3) is 5.91 Å². The van der Waals surface area contributed by atoms with Gasteiger partial charge in [-0.1, -0.05) is 26.3 Å². The lowest BCUT2D eigenvalue weighted by Gasteiger charge is -2.31.